The van der Waals surface area contributed by atoms with Crippen molar-refractivity contribution in [2.45, 2.75) is 20.0 Å². The van der Waals surface area contributed by atoms with Crippen LogP contribution in [0.15, 0.2) is 30.3 Å². The van der Waals surface area contributed by atoms with Crippen LogP contribution in [0.1, 0.15) is 18.9 Å². The Hall–Kier alpha value is -0.900. The molecule has 0 bridgehead atoms. The van der Waals surface area contributed by atoms with E-state index in [1.165, 1.54) is 0 Å². The maximum atomic E-state index is 9.23. The molecule has 3 heteroatoms. The fourth-order valence-corrected chi connectivity index (χ4v) is 1.43. The van der Waals surface area contributed by atoms with Crippen molar-refractivity contribution in [1.82, 2.24) is 0 Å². The van der Waals surface area contributed by atoms with Crippen molar-refractivity contribution in [3.8, 4) is 0 Å². The first-order valence-electron chi connectivity index (χ1n) is 5.60. The number of aliphatic hydroxyl groups is 2. The Bertz CT molecular complexity index is 272. The van der Waals surface area contributed by atoms with E-state index in [2.05, 4.69) is 0 Å². The van der Waals surface area contributed by atoms with Gasteiger partial charge in [0.05, 0.1) is 26.4 Å². The Kier molecular flexibility index (Phi) is 5.46. The first-order chi connectivity index (χ1) is 7.76. The van der Waals surface area contributed by atoms with Gasteiger partial charge in [0.2, 0.25) is 0 Å². The van der Waals surface area contributed by atoms with Gasteiger partial charge in [-0.1, -0.05) is 37.3 Å². The Morgan fingerprint density at radius 3 is 2.25 bits per heavy atom. The van der Waals surface area contributed by atoms with Crippen LogP contribution in [-0.4, -0.2) is 30.0 Å². The summed E-state index contributed by atoms with van der Waals surface area (Å²) in [5.41, 5.74) is 0.595. The zero-order chi connectivity index (χ0) is 11.9. The highest BCUT2D eigenvalue weighted by molar-refractivity contribution is 5.13. The highest BCUT2D eigenvalue weighted by Gasteiger charge is 2.26. The third-order valence-electron chi connectivity index (χ3n) is 2.94. The lowest BCUT2D eigenvalue weighted by Crippen LogP contribution is -2.34. The second-order valence-electron chi connectivity index (χ2n) is 4.15. The Labute approximate surface area is 96.7 Å². The van der Waals surface area contributed by atoms with Gasteiger partial charge in [-0.2, -0.15) is 0 Å². The van der Waals surface area contributed by atoms with Gasteiger partial charge in [-0.25, -0.2) is 0 Å². The molecule has 0 heterocycles. The second-order valence-corrected chi connectivity index (χ2v) is 4.15. The quantitative estimate of drug-likeness (QED) is 0.739. The standard InChI is InChI=1S/C13H20O3/c1-2-13(9-14,10-15)11-16-8-12-6-4-3-5-7-12/h3-7,14-15H,2,8-11H2,1H3. The van der Waals surface area contributed by atoms with Gasteiger partial charge in [0, 0.05) is 5.41 Å². The molecule has 3 nitrogen and oxygen atoms in total. The number of hydrogen-bond donors (Lipinski definition) is 2. The summed E-state index contributed by atoms with van der Waals surface area (Å²) in [6.07, 6.45) is 0.703. The van der Waals surface area contributed by atoms with Gasteiger partial charge in [-0.05, 0) is 12.0 Å². The van der Waals surface area contributed by atoms with Crippen LogP contribution in [-0.2, 0) is 11.3 Å². The number of ether oxygens (including phenoxy) is 1. The van der Waals surface area contributed by atoms with Gasteiger partial charge >= 0.3 is 0 Å². The summed E-state index contributed by atoms with van der Waals surface area (Å²) in [4.78, 5) is 0. The summed E-state index contributed by atoms with van der Waals surface area (Å²) in [5.74, 6) is 0. The van der Waals surface area contributed by atoms with E-state index in [-0.39, 0.29) is 13.2 Å². The zero-order valence-corrected chi connectivity index (χ0v) is 9.72. The summed E-state index contributed by atoms with van der Waals surface area (Å²) >= 11 is 0. The van der Waals surface area contributed by atoms with Crippen molar-refractivity contribution < 1.29 is 14.9 Å². The minimum absolute atomic E-state index is 0.0468. The topological polar surface area (TPSA) is 49.7 Å². The van der Waals surface area contributed by atoms with E-state index in [1.54, 1.807) is 0 Å². The van der Waals surface area contributed by atoms with Crippen LogP contribution in [0.5, 0.6) is 0 Å². The van der Waals surface area contributed by atoms with E-state index in [9.17, 15) is 10.2 Å². The molecule has 2 N–H and O–H groups in total. The van der Waals surface area contributed by atoms with Gasteiger partial charge in [0.25, 0.3) is 0 Å². The van der Waals surface area contributed by atoms with Crippen LogP contribution in [0.2, 0.25) is 0 Å². The fourth-order valence-electron chi connectivity index (χ4n) is 1.43. The normalized spacial score (nSPS) is 11.7. The zero-order valence-electron chi connectivity index (χ0n) is 9.72. The van der Waals surface area contributed by atoms with Crippen LogP contribution < -0.4 is 0 Å². The molecule has 0 unspecified atom stereocenters. The smallest absolute Gasteiger partial charge is 0.0717 e. The molecule has 0 spiro atoms. The van der Waals surface area contributed by atoms with Crippen molar-refractivity contribution in [3.63, 3.8) is 0 Å². The van der Waals surface area contributed by atoms with E-state index in [0.29, 0.717) is 19.6 Å². The molecule has 0 saturated heterocycles. The summed E-state index contributed by atoms with van der Waals surface area (Å²) < 4.78 is 5.54. The number of aliphatic hydroxyl groups excluding tert-OH is 2. The minimum atomic E-state index is -0.505. The largest absolute Gasteiger partial charge is 0.396 e. The molecule has 16 heavy (non-hydrogen) atoms. The van der Waals surface area contributed by atoms with Crippen LogP contribution in [0.3, 0.4) is 0 Å². The third-order valence-corrected chi connectivity index (χ3v) is 2.94. The SMILES string of the molecule is CCC(CO)(CO)COCc1ccccc1. The highest BCUT2D eigenvalue weighted by Crippen LogP contribution is 2.21. The first-order valence-corrected chi connectivity index (χ1v) is 5.60. The van der Waals surface area contributed by atoms with Crippen LogP contribution in [0.25, 0.3) is 0 Å². The van der Waals surface area contributed by atoms with Crippen molar-refractivity contribution >= 4 is 0 Å². The van der Waals surface area contributed by atoms with Gasteiger partial charge in [-0.15, -0.1) is 0 Å². The molecule has 0 aliphatic carbocycles. The van der Waals surface area contributed by atoms with Crippen LogP contribution >= 0.6 is 0 Å². The molecular weight excluding hydrogens is 204 g/mol. The predicted molar refractivity (Wildman–Crippen MR) is 63.0 cm³/mol. The molecule has 0 fully saturated rings. The first kappa shape index (κ1) is 13.2. The van der Waals surface area contributed by atoms with Crippen LogP contribution in [0.4, 0.5) is 0 Å². The summed E-state index contributed by atoms with van der Waals surface area (Å²) in [6, 6.07) is 9.87. The average molecular weight is 224 g/mol. The lowest BCUT2D eigenvalue weighted by atomic mass is 9.88. The molecule has 1 aromatic rings. The Morgan fingerprint density at radius 1 is 1.12 bits per heavy atom. The molecule has 0 atom stereocenters. The molecule has 0 saturated carbocycles. The molecule has 0 radical (unpaired) electrons. The minimum Gasteiger partial charge on any atom is -0.396 e. The molecule has 0 aromatic heterocycles. The summed E-state index contributed by atoms with van der Waals surface area (Å²) in [5, 5.41) is 18.5. The molecule has 1 aromatic carbocycles. The Morgan fingerprint density at radius 2 is 1.75 bits per heavy atom. The van der Waals surface area contributed by atoms with E-state index in [4.69, 9.17) is 4.74 Å². The predicted octanol–water partition coefficient (Wildman–Crippen LogP) is 1.58. The summed E-state index contributed by atoms with van der Waals surface area (Å²) in [6.45, 7) is 2.75. The maximum absolute atomic E-state index is 9.23. The number of hydrogen-bond acceptors (Lipinski definition) is 3. The third kappa shape index (κ3) is 3.59. The Balaban J connectivity index is 2.39. The number of benzene rings is 1. The van der Waals surface area contributed by atoms with Crippen molar-refractivity contribution in [3.05, 3.63) is 35.9 Å². The van der Waals surface area contributed by atoms with Gasteiger partial charge in [-0.3, -0.25) is 0 Å². The van der Waals surface area contributed by atoms with Gasteiger partial charge < -0.3 is 14.9 Å². The van der Waals surface area contributed by atoms with E-state index < -0.39 is 5.41 Å². The number of rotatable bonds is 7. The molecule has 90 valence electrons. The van der Waals surface area contributed by atoms with Crippen molar-refractivity contribution in [2.24, 2.45) is 5.41 Å². The highest BCUT2D eigenvalue weighted by atomic mass is 16.5. The van der Waals surface area contributed by atoms with Gasteiger partial charge in [0.15, 0.2) is 0 Å². The maximum Gasteiger partial charge on any atom is 0.0717 e. The van der Waals surface area contributed by atoms with E-state index >= 15 is 0 Å². The molecule has 0 aliphatic heterocycles. The average Bonchev–Trinajstić information content (AvgIpc) is 2.37. The fraction of sp³-hybridized carbons (Fsp3) is 0.538. The molecule has 1 rings (SSSR count). The lowest BCUT2D eigenvalue weighted by molar-refractivity contribution is -0.0354. The molecule has 0 amide bonds. The van der Waals surface area contributed by atoms with E-state index in [1.807, 2.05) is 37.3 Å². The lowest BCUT2D eigenvalue weighted by Gasteiger charge is -2.27. The van der Waals surface area contributed by atoms with E-state index in [0.717, 1.165) is 5.56 Å². The second kappa shape index (κ2) is 6.63. The van der Waals surface area contributed by atoms with Crippen molar-refractivity contribution in [1.29, 1.82) is 0 Å². The van der Waals surface area contributed by atoms with Crippen molar-refractivity contribution in [2.75, 3.05) is 19.8 Å². The monoisotopic (exact) mass is 224 g/mol. The van der Waals surface area contributed by atoms with Gasteiger partial charge in [0.1, 0.15) is 0 Å². The molecular formula is C13H20O3. The van der Waals surface area contributed by atoms with Crippen LogP contribution in [0, 0.1) is 5.41 Å². The molecule has 0 aliphatic rings. The summed E-state index contributed by atoms with van der Waals surface area (Å²) in [7, 11) is 0.